The molecule has 2 aliphatic carbocycles. The highest BCUT2D eigenvalue weighted by Gasteiger charge is 2.64. The zero-order chi connectivity index (χ0) is 19.6. The second-order valence-electron chi connectivity index (χ2n) is 8.37. The molecule has 0 spiro atoms. The molecule has 1 aromatic carbocycles. The molecule has 2 saturated carbocycles. The van der Waals surface area contributed by atoms with Crippen molar-refractivity contribution in [1.29, 1.82) is 0 Å². The summed E-state index contributed by atoms with van der Waals surface area (Å²) in [5, 5.41) is 2.47. The first-order valence-electron chi connectivity index (χ1n) is 10.1. The van der Waals surface area contributed by atoms with Crippen LogP contribution in [0.5, 0.6) is 0 Å². The number of benzene rings is 1. The minimum absolute atomic E-state index is 0.0387. The van der Waals surface area contributed by atoms with Crippen LogP contribution in [0.25, 0.3) is 11.3 Å². The number of amides is 2. The van der Waals surface area contributed by atoms with Gasteiger partial charge in [0, 0.05) is 10.9 Å². The van der Waals surface area contributed by atoms with Crippen molar-refractivity contribution in [3.63, 3.8) is 0 Å². The molecule has 2 amide bonds. The van der Waals surface area contributed by atoms with E-state index in [1.54, 1.807) is 0 Å². The van der Waals surface area contributed by atoms with E-state index in [1.165, 1.54) is 32.9 Å². The fourth-order valence-corrected chi connectivity index (χ4v) is 6.43. The Kier molecular flexibility index (Phi) is 4.05. The van der Waals surface area contributed by atoms with Crippen molar-refractivity contribution in [1.82, 2.24) is 4.98 Å². The highest BCUT2D eigenvalue weighted by atomic mass is 32.1. The Hall–Kier alpha value is -2.27. The van der Waals surface area contributed by atoms with Crippen molar-refractivity contribution in [2.45, 2.75) is 40.0 Å². The van der Waals surface area contributed by atoms with Crippen LogP contribution in [0.15, 0.2) is 40.8 Å². The number of aromatic nitrogens is 1. The summed E-state index contributed by atoms with van der Waals surface area (Å²) in [4.78, 5) is 32.5. The van der Waals surface area contributed by atoms with Gasteiger partial charge in [-0.2, -0.15) is 0 Å². The third kappa shape index (κ3) is 2.38. The number of thiazole rings is 1. The fourth-order valence-electron chi connectivity index (χ4n) is 5.59. The summed E-state index contributed by atoms with van der Waals surface area (Å²) < 4.78 is 0. The average Bonchev–Trinajstić information content (AvgIpc) is 3.44. The first kappa shape index (κ1) is 17.8. The van der Waals surface area contributed by atoms with Gasteiger partial charge in [0.1, 0.15) is 0 Å². The van der Waals surface area contributed by atoms with Crippen molar-refractivity contribution >= 4 is 28.3 Å². The van der Waals surface area contributed by atoms with Gasteiger partial charge in [0.15, 0.2) is 5.13 Å². The Balaban J connectivity index is 1.46. The predicted octanol–water partition coefficient (Wildman–Crippen LogP) is 4.85. The maximum Gasteiger partial charge on any atom is 0.240 e. The van der Waals surface area contributed by atoms with Crippen LogP contribution >= 0.6 is 11.3 Å². The molecule has 4 atom stereocenters. The van der Waals surface area contributed by atoms with Crippen LogP contribution in [0.2, 0.25) is 0 Å². The first-order valence-corrected chi connectivity index (χ1v) is 11.0. The van der Waals surface area contributed by atoms with Gasteiger partial charge in [-0.25, -0.2) is 9.88 Å². The van der Waals surface area contributed by atoms with Gasteiger partial charge >= 0.3 is 0 Å². The van der Waals surface area contributed by atoms with Crippen LogP contribution in [0.3, 0.4) is 0 Å². The van der Waals surface area contributed by atoms with E-state index in [0.29, 0.717) is 5.13 Å². The zero-order valence-electron chi connectivity index (χ0n) is 16.4. The molecule has 3 fully saturated rings. The number of anilines is 1. The van der Waals surface area contributed by atoms with Gasteiger partial charge in [-0.3, -0.25) is 9.59 Å². The molecule has 2 bridgehead atoms. The minimum Gasteiger partial charge on any atom is -0.274 e. The molecule has 0 N–H and O–H groups in total. The monoisotopic (exact) mass is 392 g/mol. The second-order valence-corrected chi connectivity index (χ2v) is 9.21. The van der Waals surface area contributed by atoms with E-state index >= 15 is 0 Å². The number of nitrogens with zero attached hydrogens (tertiary/aromatic N) is 2. The maximum absolute atomic E-state index is 13.2. The molecule has 2 aromatic rings. The molecule has 2 heterocycles. The van der Waals surface area contributed by atoms with Crippen LogP contribution in [0.1, 0.15) is 39.2 Å². The smallest absolute Gasteiger partial charge is 0.240 e. The van der Waals surface area contributed by atoms with Gasteiger partial charge in [0.25, 0.3) is 0 Å². The molecule has 0 unspecified atom stereocenters. The number of fused-ring (bicyclic) bond motifs is 5. The molecule has 5 rings (SSSR count). The maximum atomic E-state index is 13.2. The topological polar surface area (TPSA) is 50.3 Å². The Morgan fingerprint density at radius 3 is 2.21 bits per heavy atom. The van der Waals surface area contributed by atoms with E-state index in [4.69, 9.17) is 0 Å². The number of allylic oxidation sites excluding steroid dienone is 2. The molecular formula is C23H24N2O2S. The van der Waals surface area contributed by atoms with Gasteiger partial charge in [-0.05, 0) is 50.5 Å². The van der Waals surface area contributed by atoms with E-state index in [1.807, 2.05) is 5.38 Å². The molecule has 1 aliphatic heterocycles. The molecule has 4 nitrogen and oxygen atoms in total. The van der Waals surface area contributed by atoms with Crippen LogP contribution < -0.4 is 4.90 Å². The molecule has 5 heteroatoms. The number of aryl methyl sites for hydroxylation is 1. The van der Waals surface area contributed by atoms with E-state index in [2.05, 4.69) is 50.0 Å². The summed E-state index contributed by atoms with van der Waals surface area (Å²) in [6, 6.07) is 8.32. The molecule has 144 valence electrons. The third-order valence-corrected chi connectivity index (χ3v) is 7.60. The molecule has 1 aromatic heterocycles. The van der Waals surface area contributed by atoms with Crippen molar-refractivity contribution in [3.05, 3.63) is 46.4 Å². The standard InChI is InChI=1S/C23H24N2O2S/c1-4-13-5-7-14(8-6-13)17-11-28-23(24-17)25-21(26)19-15-9-10-16(18(15)12(2)3)20(19)22(25)27/h5-8,11,15-16,19-20H,4,9-10H2,1-3H3/t15-,16-,19+,20+/m1/s1. The summed E-state index contributed by atoms with van der Waals surface area (Å²) >= 11 is 1.39. The SMILES string of the molecule is CCc1ccc(-c2csc(N3C(=O)[C@@H]4[C@@H](C3=O)[C@@H]3CC[C@@H]4C3=C(C)C)n2)cc1. The summed E-state index contributed by atoms with van der Waals surface area (Å²) in [6.07, 6.45) is 3.07. The highest BCUT2D eigenvalue weighted by Crippen LogP contribution is 2.60. The Morgan fingerprint density at radius 1 is 1.07 bits per heavy atom. The molecule has 0 radical (unpaired) electrons. The van der Waals surface area contributed by atoms with Crippen molar-refractivity contribution in [2.75, 3.05) is 4.90 Å². The van der Waals surface area contributed by atoms with Gasteiger partial charge in [-0.1, -0.05) is 42.3 Å². The highest BCUT2D eigenvalue weighted by molar-refractivity contribution is 7.14. The summed E-state index contributed by atoms with van der Waals surface area (Å²) in [5.74, 6) is 0.0796. The summed E-state index contributed by atoms with van der Waals surface area (Å²) in [6.45, 7) is 6.36. The number of imide groups is 1. The van der Waals surface area contributed by atoms with E-state index < -0.39 is 0 Å². The van der Waals surface area contributed by atoms with Crippen molar-refractivity contribution < 1.29 is 9.59 Å². The second kappa shape index (κ2) is 6.38. The van der Waals surface area contributed by atoms with Gasteiger partial charge < -0.3 is 0 Å². The summed E-state index contributed by atoms with van der Waals surface area (Å²) in [7, 11) is 0. The lowest BCUT2D eigenvalue weighted by Gasteiger charge is -2.18. The lowest BCUT2D eigenvalue weighted by atomic mass is 9.81. The molecule has 28 heavy (non-hydrogen) atoms. The van der Waals surface area contributed by atoms with E-state index in [9.17, 15) is 9.59 Å². The predicted molar refractivity (Wildman–Crippen MR) is 111 cm³/mol. The Morgan fingerprint density at radius 2 is 1.68 bits per heavy atom. The van der Waals surface area contributed by atoms with Crippen molar-refractivity contribution in [3.8, 4) is 11.3 Å². The molecule has 3 aliphatic rings. The van der Waals surface area contributed by atoms with Gasteiger partial charge in [-0.15, -0.1) is 11.3 Å². The van der Waals surface area contributed by atoms with Crippen molar-refractivity contribution in [2.24, 2.45) is 23.7 Å². The zero-order valence-corrected chi connectivity index (χ0v) is 17.3. The van der Waals surface area contributed by atoms with Crippen LogP contribution in [0.4, 0.5) is 5.13 Å². The summed E-state index contributed by atoms with van der Waals surface area (Å²) in [5.41, 5.74) is 5.80. The lowest BCUT2D eigenvalue weighted by molar-refractivity contribution is -0.123. The van der Waals surface area contributed by atoms with Crippen LogP contribution in [-0.4, -0.2) is 16.8 Å². The quantitative estimate of drug-likeness (QED) is 0.554. The molecular weight excluding hydrogens is 368 g/mol. The third-order valence-electron chi connectivity index (χ3n) is 6.77. The number of carbonyl (C=O) groups excluding carboxylic acids is 2. The first-order chi connectivity index (χ1) is 13.5. The van der Waals surface area contributed by atoms with Crippen LogP contribution in [-0.2, 0) is 16.0 Å². The normalized spacial score (nSPS) is 28.4. The Labute approximate surface area is 169 Å². The number of hydrogen-bond acceptors (Lipinski definition) is 4. The Bertz CT molecular complexity index is 968. The number of carbonyl (C=O) groups is 2. The van der Waals surface area contributed by atoms with Crippen LogP contribution in [0, 0.1) is 23.7 Å². The molecule has 1 saturated heterocycles. The van der Waals surface area contributed by atoms with E-state index in [-0.39, 0.29) is 35.5 Å². The van der Waals surface area contributed by atoms with E-state index in [0.717, 1.165) is 30.5 Å². The van der Waals surface area contributed by atoms with Gasteiger partial charge in [0.05, 0.1) is 17.5 Å². The fraction of sp³-hybridized carbons (Fsp3) is 0.435. The average molecular weight is 393 g/mol. The number of rotatable bonds is 3. The number of hydrogen-bond donors (Lipinski definition) is 0. The minimum atomic E-state index is -0.174. The lowest BCUT2D eigenvalue weighted by Crippen LogP contribution is -2.33. The van der Waals surface area contributed by atoms with Gasteiger partial charge in [0.2, 0.25) is 11.8 Å². The largest absolute Gasteiger partial charge is 0.274 e.